The van der Waals surface area contributed by atoms with Gasteiger partial charge in [-0.25, -0.2) is 14.8 Å². The maximum atomic E-state index is 12.2. The summed E-state index contributed by atoms with van der Waals surface area (Å²) in [5, 5.41) is 0. The van der Waals surface area contributed by atoms with Crippen molar-refractivity contribution in [3.8, 4) is 5.75 Å². The monoisotopic (exact) mass is 442 g/mol. The van der Waals surface area contributed by atoms with Gasteiger partial charge in [0.2, 0.25) is 5.95 Å². The minimum Gasteiger partial charge on any atom is -0.488 e. The van der Waals surface area contributed by atoms with Gasteiger partial charge in [-0.05, 0) is 41.0 Å². The van der Waals surface area contributed by atoms with Crippen LogP contribution in [0.2, 0.25) is 0 Å². The summed E-state index contributed by atoms with van der Waals surface area (Å²) in [7, 11) is 1.40. The van der Waals surface area contributed by atoms with Crippen LogP contribution in [-0.4, -0.2) is 60.7 Å². The van der Waals surface area contributed by atoms with Gasteiger partial charge in [0, 0.05) is 50.7 Å². The van der Waals surface area contributed by atoms with Crippen molar-refractivity contribution in [1.82, 2.24) is 14.9 Å². The standard InChI is InChI=1S/C26H26N4O3/c1-32-25(31)19-7-8-24-23(17-19)22(21-6-3-2-5-20(21)18-33-24)9-12-29-13-15-30(16-14-29)26-27-10-4-11-28-26/h2-11,17H,12-16,18H2,1H3. The largest absolute Gasteiger partial charge is 0.488 e. The third kappa shape index (κ3) is 4.45. The molecule has 2 aliphatic rings. The third-order valence-electron chi connectivity index (χ3n) is 6.14. The van der Waals surface area contributed by atoms with E-state index in [0.717, 1.165) is 66.7 Å². The predicted octanol–water partition coefficient (Wildman–Crippen LogP) is 3.41. The number of fused-ring (bicyclic) bond motifs is 2. The minimum atomic E-state index is -0.353. The first-order valence-corrected chi connectivity index (χ1v) is 11.1. The molecule has 0 saturated carbocycles. The first kappa shape index (κ1) is 21.2. The van der Waals surface area contributed by atoms with Crippen LogP contribution >= 0.6 is 0 Å². The molecule has 168 valence electrons. The Hall–Kier alpha value is -3.71. The van der Waals surface area contributed by atoms with E-state index in [1.807, 2.05) is 30.3 Å². The average Bonchev–Trinajstić information content (AvgIpc) is 3.04. The van der Waals surface area contributed by atoms with Crippen molar-refractivity contribution in [2.24, 2.45) is 0 Å². The van der Waals surface area contributed by atoms with Crippen LogP contribution in [0.15, 0.2) is 67.0 Å². The van der Waals surface area contributed by atoms with Gasteiger partial charge in [0.05, 0.1) is 12.7 Å². The summed E-state index contributed by atoms with van der Waals surface area (Å²) in [6, 6.07) is 15.6. The number of benzene rings is 2. The van der Waals surface area contributed by atoms with Crippen molar-refractivity contribution in [2.45, 2.75) is 6.61 Å². The Balaban J connectivity index is 1.41. The smallest absolute Gasteiger partial charge is 0.337 e. The number of carbonyl (C=O) groups excluding carboxylic acids is 1. The van der Waals surface area contributed by atoms with Gasteiger partial charge < -0.3 is 14.4 Å². The fourth-order valence-corrected chi connectivity index (χ4v) is 4.35. The van der Waals surface area contributed by atoms with Crippen molar-refractivity contribution in [3.05, 3.63) is 89.3 Å². The molecule has 0 spiro atoms. The molecule has 1 saturated heterocycles. The molecular formula is C26H26N4O3. The molecule has 2 aliphatic heterocycles. The van der Waals surface area contributed by atoms with Crippen molar-refractivity contribution in [3.63, 3.8) is 0 Å². The maximum absolute atomic E-state index is 12.2. The lowest BCUT2D eigenvalue weighted by molar-refractivity contribution is 0.0600. The lowest BCUT2D eigenvalue weighted by atomic mass is 9.93. The van der Waals surface area contributed by atoms with E-state index in [-0.39, 0.29) is 5.97 Å². The van der Waals surface area contributed by atoms with Crippen molar-refractivity contribution in [1.29, 1.82) is 0 Å². The van der Waals surface area contributed by atoms with E-state index in [4.69, 9.17) is 9.47 Å². The van der Waals surface area contributed by atoms with Crippen molar-refractivity contribution in [2.75, 3.05) is 44.7 Å². The zero-order valence-corrected chi connectivity index (χ0v) is 18.6. The fourth-order valence-electron chi connectivity index (χ4n) is 4.35. The molecule has 1 aromatic heterocycles. The first-order valence-electron chi connectivity index (χ1n) is 11.1. The molecule has 0 amide bonds. The summed E-state index contributed by atoms with van der Waals surface area (Å²) >= 11 is 0. The van der Waals surface area contributed by atoms with Crippen LogP contribution in [0.3, 0.4) is 0 Å². The number of hydrogen-bond acceptors (Lipinski definition) is 7. The number of piperazine rings is 1. The fraction of sp³-hybridized carbons (Fsp3) is 0.269. The predicted molar refractivity (Wildman–Crippen MR) is 126 cm³/mol. The summed E-state index contributed by atoms with van der Waals surface area (Å²) in [6.45, 7) is 4.92. The molecule has 0 radical (unpaired) electrons. The Morgan fingerprint density at radius 3 is 2.61 bits per heavy atom. The molecule has 1 fully saturated rings. The van der Waals surface area contributed by atoms with Crippen molar-refractivity contribution < 1.29 is 14.3 Å². The van der Waals surface area contributed by atoms with Crippen LogP contribution in [0.25, 0.3) is 5.57 Å². The topological polar surface area (TPSA) is 67.8 Å². The number of esters is 1. The van der Waals surface area contributed by atoms with E-state index in [1.54, 1.807) is 18.5 Å². The van der Waals surface area contributed by atoms with Crippen LogP contribution in [0.5, 0.6) is 5.75 Å². The minimum absolute atomic E-state index is 0.353. The molecule has 0 bridgehead atoms. The van der Waals surface area contributed by atoms with E-state index in [1.165, 1.54) is 7.11 Å². The maximum Gasteiger partial charge on any atom is 0.337 e. The SMILES string of the molecule is COC(=O)c1ccc2c(c1)C(=CCN1CCN(c3ncccn3)CC1)c1ccccc1CO2. The highest BCUT2D eigenvalue weighted by Gasteiger charge is 2.22. The van der Waals surface area contributed by atoms with Gasteiger partial charge in [0.15, 0.2) is 0 Å². The van der Waals surface area contributed by atoms with Gasteiger partial charge in [-0.15, -0.1) is 0 Å². The number of anilines is 1. The van der Waals surface area contributed by atoms with E-state index in [2.05, 4.69) is 38.0 Å². The molecular weight excluding hydrogens is 416 g/mol. The molecule has 3 aromatic rings. The molecule has 0 unspecified atom stereocenters. The molecule has 3 heterocycles. The van der Waals surface area contributed by atoms with Crippen LogP contribution in [0, 0.1) is 0 Å². The molecule has 33 heavy (non-hydrogen) atoms. The summed E-state index contributed by atoms with van der Waals surface area (Å²) in [5.74, 6) is 1.21. The van der Waals surface area contributed by atoms with E-state index in [0.29, 0.717) is 12.2 Å². The summed E-state index contributed by atoms with van der Waals surface area (Å²) in [4.78, 5) is 25.6. The lowest BCUT2D eigenvalue weighted by Gasteiger charge is -2.34. The molecule has 7 nitrogen and oxygen atoms in total. The van der Waals surface area contributed by atoms with Crippen LogP contribution < -0.4 is 9.64 Å². The van der Waals surface area contributed by atoms with Crippen LogP contribution in [0.1, 0.15) is 27.0 Å². The molecule has 5 rings (SSSR count). The third-order valence-corrected chi connectivity index (χ3v) is 6.14. The molecule has 0 N–H and O–H groups in total. The zero-order chi connectivity index (χ0) is 22.6. The highest BCUT2D eigenvalue weighted by Crippen LogP contribution is 2.37. The molecule has 2 aromatic carbocycles. The number of methoxy groups -OCH3 is 1. The average molecular weight is 443 g/mol. The van der Waals surface area contributed by atoms with Gasteiger partial charge >= 0.3 is 5.97 Å². The molecule has 0 aliphatic carbocycles. The zero-order valence-electron chi connectivity index (χ0n) is 18.6. The van der Waals surface area contributed by atoms with Crippen molar-refractivity contribution >= 4 is 17.5 Å². The molecule has 0 atom stereocenters. The summed E-state index contributed by atoms with van der Waals surface area (Å²) < 4.78 is 11.0. The van der Waals surface area contributed by atoms with Crippen LogP contribution in [-0.2, 0) is 11.3 Å². The molecule has 7 heteroatoms. The Bertz CT molecular complexity index is 1170. The normalized spacial score (nSPS) is 17.0. The van der Waals surface area contributed by atoms with Gasteiger partial charge in [0.1, 0.15) is 12.4 Å². The Kier molecular flexibility index (Phi) is 6.04. The number of ether oxygens (including phenoxy) is 2. The highest BCUT2D eigenvalue weighted by molar-refractivity contribution is 5.93. The summed E-state index contributed by atoms with van der Waals surface area (Å²) in [6.07, 6.45) is 5.82. The Labute approximate surface area is 193 Å². The quantitative estimate of drug-likeness (QED) is 0.574. The van der Waals surface area contributed by atoms with Gasteiger partial charge in [-0.2, -0.15) is 0 Å². The first-order chi connectivity index (χ1) is 16.2. The second kappa shape index (κ2) is 9.42. The highest BCUT2D eigenvalue weighted by atomic mass is 16.5. The number of hydrogen-bond donors (Lipinski definition) is 0. The van der Waals surface area contributed by atoms with E-state index >= 15 is 0 Å². The second-order valence-electron chi connectivity index (χ2n) is 8.10. The lowest BCUT2D eigenvalue weighted by Crippen LogP contribution is -2.47. The van der Waals surface area contributed by atoms with E-state index < -0.39 is 0 Å². The second-order valence-corrected chi connectivity index (χ2v) is 8.10. The Morgan fingerprint density at radius 1 is 1.03 bits per heavy atom. The number of rotatable bonds is 4. The van der Waals surface area contributed by atoms with Crippen LogP contribution in [0.4, 0.5) is 5.95 Å². The van der Waals surface area contributed by atoms with Gasteiger partial charge in [-0.1, -0.05) is 30.3 Å². The Morgan fingerprint density at radius 2 is 1.82 bits per heavy atom. The van der Waals surface area contributed by atoms with Gasteiger partial charge in [0.25, 0.3) is 0 Å². The summed E-state index contributed by atoms with van der Waals surface area (Å²) in [5.41, 5.74) is 4.78. The van der Waals surface area contributed by atoms with E-state index in [9.17, 15) is 4.79 Å². The number of nitrogens with zero attached hydrogens (tertiary/aromatic N) is 4. The van der Waals surface area contributed by atoms with Gasteiger partial charge in [-0.3, -0.25) is 4.90 Å². The number of aromatic nitrogens is 2. The number of carbonyl (C=O) groups is 1.